The molecule has 23 heavy (non-hydrogen) atoms. The molecule has 1 saturated heterocycles. The molecule has 2 atom stereocenters. The van der Waals surface area contributed by atoms with Gasteiger partial charge in [-0.1, -0.05) is 6.92 Å². The van der Waals surface area contributed by atoms with Crippen molar-refractivity contribution in [3.8, 4) is 0 Å². The van der Waals surface area contributed by atoms with Crippen LogP contribution >= 0.6 is 0 Å². The van der Waals surface area contributed by atoms with E-state index in [9.17, 15) is 9.18 Å². The lowest BCUT2D eigenvalue weighted by Gasteiger charge is -2.37. The highest BCUT2D eigenvalue weighted by Gasteiger charge is 2.33. The van der Waals surface area contributed by atoms with Crippen LogP contribution in [-0.4, -0.2) is 22.5 Å². The number of carbonyl (C=O) groups is 1. The van der Waals surface area contributed by atoms with Gasteiger partial charge in [0, 0.05) is 12.7 Å². The van der Waals surface area contributed by atoms with E-state index in [1.165, 1.54) is 12.3 Å². The van der Waals surface area contributed by atoms with Crippen molar-refractivity contribution < 1.29 is 13.6 Å². The molecule has 122 valence electrons. The molecule has 5 nitrogen and oxygen atoms in total. The van der Waals surface area contributed by atoms with Gasteiger partial charge in [0.25, 0.3) is 0 Å². The van der Waals surface area contributed by atoms with E-state index in [1.54, 1.807) is 4.90 Å². The van der Waals surface area contributed by atoms with Crippen LogP contribution in [0.15, 0.2) is 35.0 Å². The topological polar surface area (TPSA) is 58.4 Å². The molecule has 2 aromatic rings. The molecule has 2 amide bonds. The Morgan fingerprint density at radius 1 is 1.43 bits per heavy atom. The SMILES string of the molecule is Cc1ccc(C2CC(C)CCN2C(=O)Nc2ccncc2F)o1. The number of nitrogens with zero attached hydrogens (tertiary/aromatic N) is 2. The Morgan fingerprint density at radius 2 is 2.26 bits per heavy atom. The molecule has 0 saturated carbocycles. The van der Waals surface area contributed by atoms with Crippen LogP contribution in [-0.2, 0) is 0 Å². The van der Waals surface area contributed by atoms with Gasteiger partial charge < -0.3 is 14.6 Å². The van der Waals surface area contributed by atoms with Gasteiger partial charge in [-0.25, -0.2) is 9.18 Å². The number of likely N-dealkylation sites (tertiary alicyclic amines) is 1. The maximum Gasteiger partial charge on any atom is 0.322 e. The zero-order chi connectivity index (χ0) is 16.4. The van der Waals surface area contributed by atoms with Crippen LogP contribution in [0, 0.1) is 18.7 Å². The Bertz CT molecular complexity index is 701. The van der Waals surface area contributed by atoms with Crippen LogP contribution < -0.4 is 5.32 Å². The van der Waals surface area contributed by atoms with Crippen LogP contribution in [0.3, 0.4) is 0 Å². The quantitative estimate of drug-likeness (QED) is 0.906. The van der Waals surface area contributed by atoms with Gasteiger partial charge in [0.2, 0.25) is 0 Å². The monoisotopic (exact) mass is 317 g/mol. The number of rotatable bonds is 2. The molecule has 0 aliphatic carbocycles. The fourth-order valence-electron chi connectivity index (χ4n) is 2.95. The number of aryl methyl sites for hydroxylation is 1. The van der Waals surface area contributed by atoms with Crippen molar-refractivity contribution in [1.29, 1.82) is 0 Å². The van der Waals surface area contributed by atoms with Gasteiger partial charge in [-0.2, -0.15) is 0 Å². The number of piperidine rings is 1. The molecule has 0 bridgehead atoms. The zero-order valence-electron chi connectivity index (χ0n) is 13.3. The fraction of sp³-hybridized carbons (Fsp3) is 0.412. The number of anilines is 1. The summed E-state index contributed by atoms with van der Waals surface area (Å²) < 4.78 is 19.4. The first-order valence-corrected chi connectivity index (χ1v) is 7.78. The fourth-order valence-corrected chi connectivity index (χ4v) is 2.95. The van der Waals surface area contributed by atoms with Crippen LogP contribution in [0.4, 0.5) is 14.9 Å². The standard InChI is InChI=1S/C17H20FN3O2/c1-11-6-8-21(15(9-11)16-4-3-12(2)23-16)17(22)20-14-5-7-19-10-13(14)18/h3-5,7,10-11,15H,6,8-9H2,1-2H3,(H,19,20,22). The number of furan rings is 1. The largest absolute Gasteiger partial charge is 0.464 e. The van der Waals surface area contributed by atoms with Crippen LogP contribution in [0.5, 0.6) is 0 Å². The molecule has 1 fully saturated rings. The summed E-state index contributed by atoms with van der Waals surface area (Å²) >= 11 is 0. The molecule has 0 spiro atoms. The summed E-state index contributed by atoms with van der Waals surface area (Å²) in [5.74, 6) is 1.56. The maximum absolute atomic E-state index is 13.7. The molecule has 3 rings (SSSR count). The van der Waals surface area contributed by atoms with E-state index in [2.05, 4.69) is 17.2 Å². The number of nitrogens with one attached hydrogen (secondary N) is 1. The minimum absolute atomic E-state index is 0.127. The second-order valence-electron chi connectivity index (χ2n) is 6.07. The van der Waals surface area contributed by atoms with Crippen LogP contribution in [0.2, 0.25) is 0 Å². The third-order valence-corrected chi connectivity index (χ3v) is 4.23. The molecule has 0 aromatic carbocycles. The molecule has 2 unspecified atom stereocenters. The highest BCUT2D eigenvalue weighted by molar-refractivity contribution is 5.89. The lowest BCUT2D eigenvalue weighted by Crippen LogP contribution is -2.43. The number of carbonyl (C=O) groups excluding carboxylic acids is 1. The van der Waals surface area contributed by atoms with Crippen molar-refractivity contribution in [3.63, 3.8) is 0 Å². The third kappa shape index (κ3) is 3.36. The molecule has 1 aliphatic rings. The van der Waals surface area contributed by atoms with Crippen molar-refractivity contribution in [3.05, 3.63) is 47.9 Å². The van der Waals surface area contributed by atoms with E-state index in [-0.39, 0.29) is 17.8 Å². The van der Waals surface area contributed by atoms with E-state index < -0.39 is 5.82 Å². The first-order valence-electron chi connectivity index (χ1n) is 7.78. The summed E-state index contributed by atoms with van der Waals surface area (Å²) in [5, 5.41) is 2.63. The van der Waals surface area contributed by atoms with Crippen molar-refractivity contribution >= 4 is 11.7 Å². The molecular weight excluding hydrogens is 297 g/mol. The minimum Gasteiger partial charge on any atom is -0.464 e. The number of halogens is 1. The van der Waals surface area contributed by atoms with Gasteiger partial charge >= 0.3 is 6.03 Å². The van der Waals surface area contributed by atoms with Crippen LogP contribution in [0.25, 0.3) is 0 Å². The van der Waals surface area contributed by atoms with Gasteiger partial charge in [-0.15, -0.1) is 0 Å². The van der Waals surface area contributed by atoms with Crippen LogP contribution in [0.1, 0.15) is 37.3 Å². The molecule has 3 heterocycles. The number of pyridine rings is 1. The second kappa shape index (κ2) is 6.40. The number of aromatic nitrogens is 1. The average Bonchev–Trinajstić information content (AvgIpc) is 2.96. The van der Waals surface area contributed by atoms with Crippen molar-refractivity contribution in [2.24, 2.45) is 5.92 Å². The highest BCUT2D eigenvalue weighted by atomic mass is 19.1. The Kier molecular flexibility index (Phi) is 4.32. The third-order valence-electron chi connectivity index (χ3n) is 4.23. The predicted octanol–water partition coefficient (Wildman–Crippen LogP) is 4.13. The first-order chi connectivity index (χ1) is 11.0. The van der Waals surface area contributed by atoms with Crippen molar-refractivity contribution in [2.45, 2.75) is 32.7 Å². The molecule has 2 aromatic heterocycles. The van der Waals surface area contributed by atoms with Gasteiger partial charge in [0.15, 0.2) is 5.82 Å². The molecule has 1 aliphatic heterocycles. The summed E-state index contributed by atoms with van der Waals surface area (Å²) in [5.41, 5.74) is 0.137. The summed E-state index contributed by atoms with van der Waals surface area (Å²) in [4.78, 5) is 18.0. The summed E-state index contributed by atoms with van der Waals surface area (Å²) in [7, 11) is 0. The lowest BCUT2D eigenvalue weighted by atomic mass is 9.91. The predicted molar refractivity (Wildman–Crippen MR) is 84.5 cm³/mol. The van der Waals surface area contributed by atoms with Crippen molar-refractivity contribution in [2.75, 3.05) is 11.9 Å². The summed E-state index contributed by atoms with van der Waals surface area (Å²) in [6, 6.07) is 4.81. The number of urea groups is 1. The van der Waals surface area contributed by atoms with E-state index in [0.717, 1.165) is 30.6 Å². The van der Waals surface area contributed by atoms with E-state index in [0.29, 0.717) is 12.5 Å². The van der Waals surface area contributed by atoms with E-state index in [1.807, 2.05) is 19.1 Å². The maximum atomic E-state index is 13.7. The number of hydrogen-bond donors (Lipinski definition) is 1. The van der Waals surface area contributed by atoms with E-state index in [4.69, 9.17) is 4.42 Å². The van der Waals surface area contributed by atoms with Gasteiger partial charge in [-0.05, 0) is 43.9 Å². The Labute approximate surface area is 134 Å². The average molecular weight is 317 g/mol. The zero-order valence-corrected chi connectivity index (χ0v) is 13.3. The molecule has 6 heteroatoms. The summed E-state index contributed by atoms with van der Waals surface area (Å²) in [6.07, 6.45) is 4.28. The Morgan fingerprint density at radius 3 is 2.96 bits per heavy atom. The molecule has 1 N–H and O–H groups in total. The van der Waals surface area contributed by atoms with Gasteiger partial charge in [-0.3, -0.25) is 4.98 Å². The minimum atomic E-state index is -0.545. The smallest absolute Gasteiger partial charge is 0.322 e. The first kappa shape index (κ1) is 15.5. The lowest BCUT2D eigenvalue weighted by molar-refractivity contribution is 0.128. The molecular formula is C17H20FN3O2. The Balaban J connectivity index is 1.81. The van der Waals surface area contributed by atoms with Gasteiger partial charge in [0.05, 0.1) is 17.9 Å². The Hall–Kier alpha value is -2.37. The van der Waals surface area contributed by atoms with Crippen molar-refractivity contribution in [1.82, 2.24) is 9.88 Å². The highest BCUT2D eigenvalue weighted by Crippen LogP contribution is 2.35. The van der Waals surface area contributed by atoms with Gasteiger partial charge in [0.1, 0.15) is 11.5 Å². The normalized spacial score (nSPS) is 21.3. The molecule has 0 radical (unpaired) electrons. The summed E-state index contributed by atoms with van der Waals surface area (Å²) in [6.45, 7) is 4.66. The second-order valence-corrected chi connectivity index (χ2v) is 6.07. The number of hydrogen-bond acceptors (Lipinski definition) is 3. The van der Waals surface area contributed by atoms with E-state index >= 15 is 0 Å². The number of amides is 2.